The van der Waals surface area contributed by atoms with Crippen molar-refractivity contribution in [2.24, 2.45) is 0 Å². The summed E-state index contributed by atoms with van der Waals surface area (Å²) in [5.41, 5.74) is 15.9. The molecule has 3 aromatic heterocycles. The number of phenolic OH excluding ortho intramolecular Hbond substituents is 1. The van der Waals surface area contributed by atoms with Crippen LogP contribution in [0.15, 0.2) is 193 Å². The van der Waals surface area contributed by atoms with Gasteiger partial charge in [-0.3, -0.25) is 0 Å². The van der Waals surface area contributed by atoms with Crippen LogP contribution < -0.4 is 0 Å². The van der Waals surface area contributed by atoms with Gasteiger partial charge in [0.25, 0.3) is 0 Å². The van der Waals surface area contributed by atoms with Crippen molar-refractivity contribution in [3.63, 3.8) is 0 Å². The number of fused-ring (bicyclic) bond motifs is 8. The van der Waals surface area contributed by atoms with E-state index in [1.54, 1.807) is 6.07 Å². The summed E-state index contributed by atoms with van der Waals surface area (Å²) in [6.45, 7) is 14.4. The SMILES string of the molecule is C=C/C=C\C(=C(/C)n1c(/C=C\C=C/C)cc2c3c4c(-c5ccc6c7c(oc6c5)CC=CC=C7)cccc4n(-c4cccc(-c5ccccc5O)c4)c3ccc21)c1cccc(C)c1.CC. The summed E-state index contributed by atoms with van der Waals surface area (Å²) in [5.74, 6) is 1.24. The number of aryl methyl sites for hydroxylation is 1. The third-order valence-electron chi connectivity index (χ3n) is 12.0. The summed E-state index contributed by atoms with van der Waals surface area (Å²) in [4.78, 5) is 0. The van der Waals surface area contributed by atoms with Crippen LogP contribution in [-0.4, -0.2) is 14.2 Å². The van der Waals surface area contributed by atoms with Crippen molar-refractivity contribution in [3.8, 4) is 33.7 Å². The van der Waals surface area contributed by atoms with Gasteiger partial charge in [-0.25, -0.2) is 0 Å². The summed E-state index contributed by atoms with van der Waals surface area (Å²) in [6.07, 6.45) is 23.7. The van der Waals surface area contributed by atoms with E-state index in [1.165, 1.54) is 5.56 Å². The minimum Gasteiger partial charge on any atom is -0.507 e. The van der Waals surface area contributed by atoms with Crippen molar-refractivity contribution in [2.75, 3.05) is 0 Å². The maximum absolute atomic E-state index is 10.9. The number of rotatable bonds is 9. The minimum atomic E-state index is 0.254. The molecule has 0 spiro atoms. The number of furan rings is 1. The molecule has 0 amide bonds. The molecule has 1 N–H and O–H groups in total. The highest BCUT2D eigenvalue weighted by molar-refractivity contribution is 6.25. The number of aromatic nitrogens is 2. The zero-order chi connectivity index (χ0) is 44.3. The van der Waals surface area contributed by atoms with Crippen LogP contribution in [0.1, 0.15) is 55.8 Å². The summed E-state index contributed by atoms with van der Waals surface area (Å²) < 4.78 is 11.3. The van der Waals surface area contributed by atoms with Crippen LogP contribution in [0.3, 0.4) is 0 Å². The molecule has 4 nitrogen and oxygen atoms in total. The Labute approximate surface area is 375 Å². The van der Waals surface area contributed by atoms with Crippen LogP contribution in [0, 0.1) is 6.92 Å². The fraction of sp³-hybridized carbons (Fsp3) is 0.100. The van der Waals surface area contributed by atoms with E-state index in [2.05, 4.69) is 187 Å². The summed E-state index contributed by atoms with van der Waals surface area (Å²) in [6, 6.07) is 44.9. The fourth-order valence-corrected chi connectivity index (χ4v) is 9.27. The lowest BCUT2D eigenvalue weighted by atomic mass is 9.97. The topological polar surface area (TPSA) is 43.2 Å². The molecule has 0 fully saturated rings. The second-order valence-corrected chi connectivity index (χ2v) is 15.9. The van der Waals surface area contributed by atoms with Crippen molar-refractivity contribution in [3.05, 3.63) is 217 Å². The van der Waals surface area contributed by atoms with E-state index in [9.17, 15) is 5.11 Å². The molecule has 0 unspecified atom stereocenters. The predicted molar refractivity (Wildman–Crippen MR) is 275 cm³/mol. The van der Waals surface area contributed by atoms with E-state index in [-0.39, 0.29) is 5.75 Å². The smallest absolute Gasteiger partial charge is 0.135 e. The first-order chi connectivity index (χ1) is 31.4. The maximum atomic E-state index is 10.9. The number of hydrogen-bond acceptors (Lipinski definition) is 2. The van der Waals surface area contributed by atoms with Gasteiger partial charge in [0, 0.05) is 61.7 Å². The van der Waals surface area contributed by atoms with Gasteiger partial charge in [0.2, 0.25) is 0 Å². The lowest BCUT2D eigenvalue weighted by Crippen LogP contribution is -2.00. The molecule has 6 aromatic carbocycles. The van der Waals surface area contributed by atoms with Crippen molar-refractivity contribution in [1.82, 2.24) is 9.13 Å². The Hall–Kier alpha value is -7.82. The third kappa shape index (κ3) is 7.37. The van der Waals surface area contributed by atoms with Gasteiger partial charge < -0.3 is 18.7 Å². The molecular formula is C60H52N2O2. The lowest BCUT2D eigenvalue weighted by molar-refractivity contribution is 0.477. The number of aromatic hydroxyl groups is 1. The first-order valence-corrected chi connectivity index (χ1v) is 22.2. The van der Waals surface area contributed by atoms with E-state index in [1.807, 2.05) is 51.1 Å². The number of para-hydroxylation sites is 1. The zero-order valence-electron chi connectivity index (χ0n) is 37.1. The van der Waals surface area contributed by atoms with E-state index in [0.29, 0.717) is 0 Å². The molecule has 3 heterocycles. The molecule has 4 heteroatoms. The van der Waals surface area contributed by atoms with E-state index >= 15 is 0 Å². The molecule has 0 atom stereocenters. The van der Waals surface area contributed by atoms with Crippen LogP contribution >= 0.6 is 0 Å². The average molecular weight is 833 g/mol. The highest BCUT2D eigenvalue weighted by Gasteiger charge is 2.23. The quantitative estimate of drug-likeness (QED) is 0.147. The Morgan fingerprint density at radius 2 is 1.50 bits per heavy atom. The Morgan fingerprint density at radius 3 is 2.33 bits per heavy atom. The largest absolute Gasteiger partial charge is 0.507 e. The number of allylic oxidation sites excluding steroid dienone is 11. The summed E-state index contributed by atoms with van der Waals surface area (Å²) >= 11 is 0. The van der Waals surface area contributed by atoms with Crippen molar-refractivity contribution < 1.29 is 9.52 Å². The Morgan fingerprint density at radius 1 is 0.719 bits per heavy atom. The standard InChI is InChI=1S/C58H46N2O2.C2H6/c1-5-7-10-21-44-37-50-51(59(44)39(4)45(23-8-6-2)40-19-15-18-38(3)34-40)32-33-53-58(50)57-47(42-30-31-49-48-25-11-9-12-29-55(48)62-56(49)36-42)26-17-27-52(57)60(53)43-22-16-20-41(35-43)46-24-13-14-28-54(46)61;1-2/h5-28,30-37,61H,2,29H2,1,3-4H3;1-2H3/b7-5-,21-10-,23-8-,45-39-;. The molecule has 1 aliphatic rings. The van der Waals surface area contributed by atoms with Crippen LogP contribution in [0.25, 0.3) is 95.0 Å². The number of phenols is 1. The van der Waals surface area contributed by atoms with Crippen molar-refractivity contribution in [2.45, 2.75) is 41.0 Å². The van der Waals surface area contributed by atoms with Gasteiger partial charge in [-0.2, -0.15) is 0 Å². The van der Waals surface area contributed by atoms with Crippen LogP contribution in [0.4, 0.5) is 0 Å². The second kappa shape index (κ2) is 17.9. The van der Waals surface area contributed by atoms with Gasteiger partial charge in [0.15, 0.2) is 0 Å². The monoisotopic (exact) mass is 832 g/mol. The summed E-state index contributed by atoms with van der Waals surface area (Å²) in [5, 5.41) is 15.5. The molecule has 64 heavy (non-hydrogen) atoms. The average Bonchev–Trinajstić information content (AvgIpc) is 3.92. The van der Waals surface area contributed by atoms with Crippen molar-refractivity contribution in [1.29, 1.82) is 0 Å². The number of hydrogen-bond donors (Lipinski definition) is 1. The molecule has 314 valence electrons. The number of benzene rings is 6. The third-order valence-corrected chi connectivity index (χ3v) is 12.0. The maximum Gasteiger partial charge on any atom is 0.135 e. The van der Waals surface area contributed by atoms with Crippen LogP contribution in [-0.2, 0) is 6.42 Å². The molecule has 10 rings (SSSR count). The first kappa shape index (κ1) is 41.5. The van der Waals surface area contributed by atoms with E-state index < -0.39 is 0 Å². The molecule has 0 saturated carbocycles. The zero-order valence-corrected chi connectivity index (χ0v) is 37.1. The van der Waals surface area contributed by atoms with Crippen LogP contribution in [0.5, 0.6) is 5.75 Å². The highest BCUT2D eigenvalue weighted by atomic mass is 16.3. The fourth-order valence-electron chi connectivity index (χ4n) is 9.27. The molecule has 0 saturated heterocycles. The molecule has 1 aliphatic carbocycles. The van der Waals surface area contributed by atoms with Gasteiger partial charge >= 0.3 is 0 Å². The predicted octanol–water partition coefficient (Wildman–Crippen LogP) is 16.7. The first-order valence-electron chi connectivity index (χ1n) is 22.2. The van der Waals surface area contributed by atoms with Crippen LogP contribution in [0.2, 0.25) is 0 Å². The molecule has 9 aromatic rings. The van der Waals surface area contributed by atoms with E-state index in [4.69, 9.17) is 4.42 Å². The Kier molecular flexibility index (Phi) is 11.6. The Balaban J connectivity index is 0.00000256. The van der Waals surface area contributed by atoms with Gasteiger partial charge in [0.05, 0.1) is 16.6 Å². The van der Waals surface area contributed by atoms with Crippen molar-refractivity contribution >= 4 is 67.1 Å². The minimum absolute atomic E-state index is 0.254. The van der Waals surface area contributed by atoms with Gasteiger partial charge in [-0.05, 0) is 104 Å². The number of nitrogens with zero attached hydrogens (tertiary/aromatic N) is 2. The molecule has 0 radical (unpaired) electrons. The summed E-state index contributed by atoms with van der Waals surface area (Å²) in [7, 11) is 0. The van der Waals surface area contributed by atoms with Gasteiger partial charge in [0.1, 0.15) is 17.1 Å². The highest BCUT2D eigenvalue weighted by Crippen LogP contribution is 2.45. The lowest BCUT2D eigenvalue weighted by Gasteiger charge is -2.15. The molecular weight excluding hydrogens is 781 g/mol. The normalized spacial score (nSPS) is 13.1. The molecule has 0 bridgehead atoms. The van der Waals surface area contributed by atoms with Gasteiger partial charge in [-0.15, -0.1) is 0 Å². The Bertz CT molecular complexity index is 3440. The van der Waals surface area contributed by atoms with E-state index in [0.717, 1.165) is 112 Å². The molecule has 0 aliphatic heterocycles. The second-order valence-electron chi connectivity index (χ2n) is 15.9. The van der Waals surface area contributed by atoms with Gasteiger partial charge in [-0.1, -0.05) is 160 Å².